The van der Waals surface area contributed by atoms with E-state index in [2.05, 4.69) is 63.4 Å². The first-order valence-electron chi connectivity index (χ1n) is 12.4. The van der Waals surface area contributed by atoms with Crippen LogP contribution in [-0.4, -0.2) is 58.4 Å². The molecule has 0 bridgehead atoms. The molecule has 0 aliphatic carbocycles. The van der Waals surface area contributed by atoms with Gasteiger partial charge in [-0.1, -0.05) is 36.0 Å². The van der Waals surface area contributed by atoms with Gasteiger partial charge in [0.1, 0.15) is 10.9 Å². The molecule has 0 amide bonds. The number of anilines is 1. The SMILES string of the molecule is CCOC(=O)c1nccn1Cc1ccc(Sc2ccnc(Cc3ccc(N4CCOCC4)cc3)n2)cc1. The van der Waals surface area contributed by atoms with Crippen molar-refractivity contribution in [3.63, 3.8) is 0 Å². The number of ether oxygens (including phenoxy) is 2. The average molecular weight is 516 g/mol. The Morgan fingerprint density at radius 1 is 0.973 bits per heavy atom. The average Bonchev–Trinajstić information content (AvgIpc) is 3.39. The first-order chi connectivity index (χ1) is 18.2. The first kappa shape index (κ1) is 25.0. The molecule has 5 rings (SSSR count). The third-order valence-electron chi connectivity index (χ3n) is 6.03. The molecular weight excluding hydrogens is 486 g/mol. The summed E-state index contributed by atoms with van der Waals surface area (Å²) in [5.41, 5.74) is 3.48. The first-order valence-corrected chi connectivity index (χ1v) is 13.2. The lowest BCUT2D eigenvalue weighted by Crippen LogP contribution is -2.36. The normalized spacial score (nSPS) is 13.5. The summed E-state index contributed by atoms with van der Waals surface area (Å²) in [6.07, 6.45) is 5.90. The molecule has 3 heterocycles. The summed E-state index contributed by atoms with van der Waals surface area (Å²) in [7, 11) is 0. The number of carbonyl (C=O) groups is 1. The van der Waals surface area contributed by atoms with Crippen LogP contribution in [0.15, 0.2) is 83.1 Å². The Hall–Kier alpha value is -3.69. The van der Waals surface area contributed by atoms with Gasteiger partial charge in [-0.15, -0.1) is 0 Å². The molecule has 4 aromatic rings. The smallest absolute Gasteiger partial charge is 0.374 e. The minimum atomic E-state index is -0.410. The number of morpholine rings is 1. The number of esters is 1. The summed E-state index contributed by atoms with van der Waals surface area (Å²) in [6.45, 7) is 6.08. The van der Waals surface area contributed by atoms with Crippen LogP contribution in [-0.2, 0) is 22.4 Å². The number of aromatic nitrogens is 4. The Labute approximate surface area is 220 Å². The molecule has 9 heteroatoms. The minimum Gasteiger partial charge on any atom is -0.460 e. The van der Waals surface area contributed by atoms with Crippen molar-refractivity contribution >= 4 is 23.4 Å². The second-order valence-corrected chi connectivity index (χ2v) is 9.69. The molecule has 8 nitrogen and oxygen atoms in total. The molecule has 1 aliphatic heterocycles. The highest BCUT2D eigenvalue weighted by Crippen LogP contribution is 2.27. The van der Waals surface area contributed by atoms with Gasteiger partial charge < -0.3 is 18.9 Å². The highest BCUT2D eigenvalue weighted by Gasteiger charge is 2.14. The van der Waals surface area contributed by atoms with Crippen LogP contribution in [0.25, 0.3) is 0 Å². The maximum atomic E-state index is 12.1. The molecule has 0 unspecified atom stereocenters. The zero-order valence-electron chi connectivity index (χ0n) is 20.7. The lowest BCUT2D eigenvalue weighted by molar-refractivity contribution is 0.0507. The topological polar surface area (TPSA) is 82.4 Å². The highest BCUT2D eigenvalue weighted by molar-refractivity contribution is 7.99. The van der Waals surface area contributed by atoms with Crippen LogP contribution < -0.4 is 4.90 Å². The summed E-state index contributed by atoms with van der Waals surface area (Å²) in [4.78, 5) is 28.9. The van der Waals surface area contributed by atoms with E-state index in [1.54, 1.807) is 35.6 Å². The van der Waals surface area contributed by atoms with Gasteiger partial charge in [0.25, 0.3) is 0 Å². The maximum absolute atomic E-state index is 12.1. The molecule has 2 aromatic carbocycles. The summed E-state index contributed by atoms with van der Waals surface area (Å²) < 4.78 is 12.3. The van der Waals surface area contributed by atoms with Crippen molar-refractivity contribution in [3.8, 4) is 0 Å². The van der Waals surface area contributed by atoms with Crippen LogP contribution in [0.1, 0.15) is 34.5 Å². The van der Waals surface area contributed by atoms with Crippen LogP contribution >= 0.6 is 11.8 Å². The molecule has 37 heavy (non-hydrogen) atoms. The Kier molecular flexibility index (Phi) is 8.12. The monoisotopic (exact) mass is 515 g/mol. The highest BCUT2D eigenvalue weighted by atomic mass is 32.2. The van der Waals surface area contributed by atoms with E-state index in [0.29, 0.717) is 25.4 Å². The number of hydrogen-bond donors (Lipinski definition) is 0. The second-order valence-electron chi connectivity index (χ2n) is 8.60. The van der Waals surface area contributed by atoms with Crippen molar-refractivity contribution in [2.75, 3.05) is 37.8 Å². The van der Waals surface area contributed by atoms with Crippen molar-refractivity contribution in [1.82, 2.24) is 19.5 Å². The summed E-state index contributed by atoms with van der Waals surface area (Å²) in [5.74, 6) is 0.698. The Morgan fingerprint density at radius 2 is 1.73 bits per heavy atom. The van der Waals surface area contributed by atoms with Crippen molar-refractivity contribution in [3.05, 3.63) is 96.0 Å². The molecule has 0 saturated carbocycles. The van der Waals surface area contributed by atoms with Gasteiger partial charge in [0.15, 0.2) is 0 Å². The summed E-state index contributed by atoms with van der Waals surface area (Å²) in [5, 5.41) is 0.905. The van der Waals surface area contributed by atoms with Crippen molar-refractivity contribution in [2.24, 2.45) is 0 Å². The van der Waals surface area contributed by atoms with E-state index in [9.17, 15) is 4.79 Å². The molecule has 0 atom stereocenters. The summed E-state index contributed by atoms with van der Waals surface area (Å²) >= 11 is 1.60. The molecular formula is C28H29N5O3S. The van der Waals surface area contributed by atoms with Crippen LogP contribution in [0.3, 0.4) is 0 Å². The number of benzene rings is 2. The quantitative estimate of drug-likeness (QED) is 0.238. The fourth-order valence-electron chi connectivity index (χ4n) is 4.15. The van der Waals surface area contributed by atoms with E-state index in [4.69, 9.17) is 14.5 Å². The van der Waals surface area contributed by atoms with Crippen LogP contribution in [0.2, 0.25) is 0 Å². The van der Waals surface area contributed by atoms with Crippen LogP contribution in [0.5, 0.6) is 0 Å². The molecule has 0 radical (unpaired) electrons. The van der Waals surface area contributed by atoms with Crippen molar-refractivity contribution in [1.29, 1.82) is 0 Å². The number of carbonyl (C=O) groups excluding carboxylic acids is 1. The van der Waals surface area contributed by atoms with Gasteiger partial charge in [-0.25, -0.2) is 19.7 Å². The van der Waals surface area contributed by atoms with Gasteiger partial charge in [0.2, 0.25) is 5.82 Å². The molecule has 1 saturated heterocycles. The van der Waals surface area contributed by atoms with E-state index < -0.39 is 5.97 Å². The zero-order chi connectivity index (χ0) is 25.5. The van der Waals surface area contributed by atoms with E-state index in [0.717, 1.165) is 47.6 Å². The van der Waals surface area contributed by atoms with E-state index in [-0.39, 0.29) is 0 Å². The zero-order valence-corrected chi connectivity index (χ0v) is 21.6. The molecule has 0 spiro atoms. The maximum Gasteiger partial charge on any atom is 0.374 e. The van der Waals surface area contributed by atoms with Gasteiger partial charge in [0, 0.05) is 55.2 Å². The van der Waals surface area contributed by atoms with Gasteiger partial charge in [0.05, 0.1) is 19.8 Å². The van der Waals surface area contributed by atoms with Gasteiger partial charge in [-0.3, -0.25) is 0 Å². The Balaban J connectivity index is 1.19. The standard InChI is InChI=1S/C28H29N5O3S/c1-2-36-28(34)27-30-13-14-33(27)20-22-5-9-24(10-6-22)37-26-11-12-29-25(31-26)19-21-3-7-23(8-4-21)32-15-17-35-18-16-32/h3-14H,2,15-20H2,1H3. The Morgan fingerprint density at radius 3 is 2.49 bits per heavy atom. The third-order valence-corrected chi connectivity index (χ3v) is 6.97. The number of hydrogen-bond acceptors (Lipinski definition) is 8. The van der Waals surface area contributed by atoms with E-state index >= 15 is 0 Å². The molecule has 2 aromatic heterocycles. The minimum absolute atomic E-state index is 0.310. The molecule has 1 fully saturated rings. The van der Waals surface area contributed by atoms with E-state index in [1.807, 2.05) is 12.3 Å². The van der Waals surface area contributed by atoms with Crippen molar-refractivity contribution in [2.45, 2.75) is 29.8 Å². The summed E-state index contributed by atoms with van der Waals surface area (Å²) in [6, 6.07) is 18.8. The molecule has 1 aliphatic rings. The number of rotatable bonds is 9. The predicted molar refractivity (Wildman–Crippen MR) is 142 cm³/mol. The van der Waals surface area contributed by atoms with Gasteiger partial charge in [-0.2, -0.15) is 0 Å². The number of imidazole rings is 1. The largest absolute Gasteiger partial charge is 0.460 e. The lowest BCUT2D eigenvalue weighted by atomic mass is 10.1. The Bertz CT molecular complexity index is 1320. The van der Waals surface area contributed by atoms with Crippen LogP contribution in [0.4, 0.5) is 5.69 Å². The van der Waals surface area contributed by atoms with Crippen LogP contribution in [0, 0.1) is 0 Å². The van der Waals surface area contributed by atoms with E-state index in [1.165, 1.54) is 11.3 Å². The molecule has 0 N–H and O–H groups in total. The predicted octanol–water partition coefficient (Wildman–Crippen LogP) is 4.48. The van der Waals surface area contributed by atoms with Crippen molar-refractivity contribution < 1.29 is 14.3 Å². The second kappa shape index (κ2) is 12.0. The lowest BCUT2D eigenvalue weighted by Gasteiger charge is -2.28. The van der Waals surface area contributed by atoms with Gasteiger partial charge in [-0.05, 0) is 48.4 Å². The fourth-order valence-corrected chi connectivity index (χ4v) is 4.95. The third kappa shape index (κ3) is 6.55. The fraction of sp³-hybridized carbons (Fsp3) is 0.286. The number of nitrogens with zero attached hydrogens (tertiary/aromatic N) is 5. The molecule has 190 valence electrons. The van der Waals surface area contributed by atoms with Gasteiger partial charge >= 0.3 is 5.97 Å².